The maximum Gasteiger partial charge on any atom is 0.339 e. The first-order chi connectivity index (χ1) is 11.2. The fourth-order valence-corrected chi connectivity index (χ4v) is 4.94. The van der Waals surface area contributed by atoms with Gasteiger partial charge in [0.05, 0.1) is 6.26 Å². The average Bonchev–Trinajstić information content (AvgIpc) is 3.08. The Bertz CT molecular complexity index is 578. The summed E-state index contributed by atoms with van der Waals surface area (Å²) >= 11 is 0. The molecule has 4 amide bonds. The summed E-state index contributed by atoms with van der Waals surface area (Å²) in [7, 11) is -3.69. The maximum absolute atomic E-state index is 12.1. The van der Waals surface area contributed by atoms with E-state index in [1.165, 1.54) is 19.3 Å². The molecule has 8 heteroatoms. The molecule has 138 valence electrons. The lowest BCUT2D eigenvalue weighted by Gasteiger charge is -2.28. The molecular weight excluding hydrogens is 330 g/mol. The van der Waals surface area contributed by atoms with Gasteiger partial charge in [0.1, 0.15) is 0 Å². The minimum absolute atomic E-state index is 0.0181. The summed E-state index contributed by atoms with van der Waals surface area (Å²) in [5.74, 6) is 1.90. The molecule has 4 atom stereocenters. The maximum atomic E-state index is 12.1. The predicted octanol–water partition coefficient (Wildman–Crippen LogP) is 2.29. The lowest BCUT2D eigenvalue weighted by Crippen LogP contribution is -2.52. The number of nitrogens with zero attached hydrogens (tertiary/aromatic N) is 1. The smallest absolute Gasteiger partial charge is 0.335 e. The summed E-state index contributed by atoms with van der Waals surface area (Å²) in [5.41, 5.74) is 0. The van der Waals surface area contributed by atoms with Gasteiger partial charge in [-0.25, -0.2) is 22.3 Å². The van der Waals surface area contributed by atoms with Gasteiger partial charge < -0.3 is 5.32 Å². The van der Waals surface area contributed by atoms with E-state index in [0.717, 1.165) is 29.3 Å². The molecule has 0 aromatic carbocycles. The van der Waals surface area contributed by atoms with Crippen molar-refractivity contribution < 1.29 is 18.0 Å². The van der Waals surface area contributed by atoms with Crippen LogP contribution in [0.1, 0.15) is 52.4 Å². The van der Waals surface area contributed by atoms with Crippen molar-refractivity contribution in [2.24, 2.45) is 17.8 Å². The Kier molecular flexibility index (Phi) is 6.11. The van der Waals surface area contributed by atoms with E-state index >= 15 is 0 Å². The van der Waals surface area contributed by atoms with Crippen LogP contribution in [0.15, 0.2) is 0 Å². The van der Waals surface area contributed by atoms with Crippen LogP contribution in [0.2, 0.25) is 0 Å². The van der Waals surface area contributed by atoms with Crippen molar-refractivity contribution in [1.82, 2.24) is 14.9 Å². The first-order valence-electron chi connectivity index (χ1n) is 8.81. The fourth-order valence-electron chi connectivity index (χ4n) is 4.14. The van der Waals surface area contributed by atoms with E-state index in [1.54, 1.807) is 0 Å². The zero-order valence-corrected chi connectivity index (χ0v) is 15.6. The Hall–Kier alpha value is -1.31. The minimum atomic E-state index is -3.69. The molecule has 0 spiro atoms. The Labute approximate surface area is 144 Å². The van der Waals surface area contributed by atoms with E-state index in [2.05, 4.69) is 10.6 Å². The van der Waals surface area contributed by atoms with Gasteiger partial charge in [-0.3, -0.25) is 5.32 Å². The third kappa shape index (κ3) is 4.62. The number of carbonyl (C=O) groups is 2. The number of nitrogens with one attached hydrogen (secondary N) is 2. The Morgan fingerprint density at radius 3 is 2.46 bits per heavy atom. The van der Waals surface area contributed by atoms with E-state index in [0.29, 0.717) is 18.3 Å². The molecule has 7 nitrogen and oxygen atoms in total. The van der Waals surface area contributed by atoms with Crippen LogP contribution < -0.4 is 10.6 Å². The highest BCUT2D eigenvalue weighted by atomic mass is 32.2. The second kappa shape index (κ2) is 7.72. The first kappa shape index (κ1) is 19.0. The quantitative estimate of drug-likeness (QED) is 0.760. The monoisotopic (exact) mass is 359 g/mol. The first-order valence-corrected chi connectivity index (χ1v) is 10.7. The van der Waals surface area contributed by atoms with Gasteiger partial charge in [-0.1, -0.05) is 19.8 Å². The van der Waals surface area contributed by atoms with Gasteiger partial charge >= 0.3 is 12.1 Å². The number of unbranched alkanes of at least 4 members (excludes halogenated alkanes) is 1. The molecule has 2 N–H and O–H groups in total. The van der Waals surface area contributed by atoms with Crippen LogP contribution in [-0.2, 0) is 10.0 Å². The molecule has 0 unspecified atom stereocenters. The molecule has 0 heterocycles. The molecule has 0 aromatic rings. The summed E-state index contributed by atoms with van der Waals surface area (Å²) in [5, 5.41) is 4.96. The molecule has 0 radical (unpaired) electrons. The van der Waals surface area contributed by atoms with E-state index in [-0.39, 0.29) is 12.6 Å². The van der Waals surface area contributed by atoms with Crippen LogP contribution in [0.4, 0.5) is 9.59 Å². The number of hydrogen-bond donors (Lipinski definition) is 2. The summed E-state index contributed by atoms with van der Waals surface area (Å²) in [4.78, 5) is 24.2. The Morgan fingerprint density at radius 1 is 1.25 bits per heavy atom. The second-order valence-corrected chi connectivity index (χ2v) is 9.13. The van der Waals surface area contributed by atoms with Gasteiger partial charge in [-0.05, 0) is 50.4 Å². The molecule has 2 aliphatic rings. The van der Waals surface area contributed by atoms with Crippen molar-refractivity contribution in [3.63, 3.8) is 0 Å². The molecule has 24 heavy (non-hydrogen) atoms. The third-order valence-electron chi connectivity index (χ3n) is 5.36. The van der Waals surface area contributed by atoms with Crippen LogP contribution in [-0.4, -0.2) is 43.6 Å². The normalized spacial score (nSPS) is 26.9. The molecular formula is C16H29N3O4S. The molecule has 0 aromatic heterocycles. The molecule has 0 aliphatic heterocycles. The largest absolute Gasteiger partial charge is 0.339 e. The van der Waals surface area contributed by atoms with Crippen molar-refractivity contribution in [2.75, 3.05) is 12.8 Å². The third-order valence-corrected chi connectivity index (χ3v) is 6.50. The number of urea groups is 2. The summed E-state index contributed by atoms with van der Waals surface area (Å²) in [6, 6.07) is -1.53. The number of sulfonamides is 1. The number of fused-ring (bicyclic) bond motifs is 2. The second-order valence-electron chi connectivity index (χ2n) is 7.22. The van der Waals surface area contributed by atoms with Crippen molar-refractivity contribution in [1.29, 1.82) is 0 Å². The van der Waals surface area contributed by atoms with Gasteiger partial charge in [0.25, 0.3) is 0 Å². The highest BCUT2D eigenvalue weighted by molar-refractivity contribution is 7.88. The Balaban J connectivity index is 1.87. The SMILES string of the molecule is CCCCN(C(=O)NC(=O)N[C@@H](C)[C@@H]1C[C@H]2CC[C@H]1C2)S(C)(=O)=O. The molecule has 0 saturated heterocycles. The summed E-state index contributed by atoms with van der Waals surface area (Å²) in [6.45, 7) is 3.94. The van der Waals surface area contributed by atoms with Crippen LogP contribution in [0.25, 0.3) is 0 Å². The number of imide groups is 1. The van der Waals surface area contributed by atoms with Gasteiger partial charge in [-0.2, -0.15) is 0 Å². The molecule has 2 fully saturated rings. The van der Waals surface area contributed by atoms with E-state index < -0.39 is 22.1 Å². The average molecular weight is 359 g/mol. The van der Waals surface area contributed by atoms with Crippen LogP contribution >= 0.6 is 0 Å². The standard InChI is InChI=1S/C16H29N3O4S/c1-4-5-8-19(24(3,22)23)16(21)18-15(20)17-11(2)14-10-12-6-7-13(14)9-12/h11-14H,4-10H2,1-3H3,(H2,17,18,20,21)/t11-,12-,13-,14-/m0/s1. The Morgan fingerprint density at radius 2 is 1.96 bits per heavy atom. The predicted molar refractivity (Wildman–Crippen MR) is 91.9 cm³/mol. The number of rotatable bonds is 6. The lowest BCUT2D eigenvalue weighted by molar-refractivity contribution is 0.207. The van der Waals surface area contributed by atoms with Crippen molar-refractivity contribution >= 4 is 22.1 Å². The van der Waals surface area contributed by atoms with Gasteiger partial charge in [0.2, 0.25) is 10.0 Å². The van der Waals surface area contributed by atoms with Crippen LogP contribution in [0.5, 0.6) is 0 Å². The lowest BCUT2D eigenvalue weighted by atomic mass is 9.84. The zero-order valence-electron chi connectivity index (χ0n) is 14.7. The van der Waals surface area contributed by atoms with E-state index in [4.69, 9.17) is 0 Å². The van der Waals surface area contributed by atoms with E-state index in [9.17, 15) is 18.0 Å². The molecule has 2 bridgehead atoms. The van der Waals surface area contributed by atoms with Gasteiger partial charge in [0.15, 0.2) is 0 Å². The van der Waals surface area contributed by atoms with Gasteiger partial charge in [0, 0.05) is 12.6 Å². The highest BCUT2D eigenvalue weighted by Gasteiger charge is 2.42. The summed E-state index contributed by atoms with van der Waals surface area (Å²) in [6.07, 6.45) is 7.18. The highest BCUT2D eigenvalue weighted by Crippen LogP contribution is 2.49. The molecule has 2 rings (SSSR count). The van der Waals surface area contributed by atoms with E-state index in [1.807, 2.05) is 13.8 Å². The van der Waals surface area contributed by atoms with Crippen LogP contribution in [0, 0.1) is 17.8 Å². The topological polar surface area (TPSA) is 95.6 Å². The molecule has 2 saturated carbocycles. The van der Waals surface area contributed by atoms with Gasteiger partial charge in [-0.15, -0.1) is 0 Å². The van der Waals surface area contributed by atoms with Crippen molar-refractivity contribution in [2.45, 2.75) is 58.4 Å². The number of amides is 4. The number of carbonyl (C=O) groups excluding carboxylic acids is 2. The van der Waals surface area contributed by atoms with Crippen molar-refractivity contribution in [3.8, 4) is 0 Å². The number of hydrogen-bond acceptors (Lipinski definition) is 4. The summed E-state index contributed by atoms with van der Waals surface area (Å²) < 4.78 is 24.1. The minimum Gasteiger partial charge on any atom is -0.335 e. The zero-order chi connectivity index (χ0) is 17.9. The van der Waals surface area contributed by atoms with Crippen LogP contribution in [0.3, 0.4) is 0 Å². The fraction of sp³-hybridized carbons (Fsp3) is 0.875. The molecule has 2 aliphatic carbocycles. The van der Waals surface area contributed by atoms with Crippen molar-refractivity contribution in [3.05, 3.63) is 0 Å².